The van der Waals surface area contributed by atoms with Crippen LogP contribution in [0.4, 0.5) is 0 Å². The van der Waals surface area contributed by atoms with Gasteiger partial charge in [0.2, 0.25) is 0 Å². The Kier molecular flexibility index (Phi) is 4.85. The van der Waals surface area contributed by atoms with Gasteiger partial charge in [-0.3, -0.25) is 4.98 Å². The predicted octanol–water partition coefficient (Wildman–Crippen LogP) is 9.28. The van der Waals surface area contributed by atoms with Gasteiger partial charge in [-0.2, -0.15) is 5.26 Å². The van der Waals surface area contributed by atoms with Crippen LogP contribution >= 0.6 is 0 Å². The van der Waals surface area contributed by atoms with Crippen LogP contribution < -0.4 is 0 Å². The van der Waals surface area contributed by atoms with Gasteiger partial charge in [0.05, 0.1) is 33.4 Å². The summed E-state index contributed by atoms with van der Waals surface area (Å²) >= 11 is 0. The molecule has 0 saturated heterocycles. The van der Waals surface area contributed by atoms with Gasteiger partial charge < -0.3 is 8.98 Å². The van der Waals surface area contributed by atoms with Gasteiger partial charge in [-0.25, -0.2) is 0 Å². The number of benzene rings is 5. The Morgan fingerprint density at radius 1 is 0.625 bits per heavy atom. The monoisotopic (exact) mass is 511 g/mol. The van der Waals surface area contributed by atoms with Crippen molar-refractivity contribution in [2.24, 2.45) is 0 Å². The molecule has 0 unspecified atom stereocenters. The smallest absolute Gasteiger partial charge is 0.145 e. The quantitative estimate of drug-likeness (QED) is 0.237. The number of aromatic nitrogens is 2. The van der Waals surface area contributed by atoms with Crippen LogP contribution in [0.2, 0.25) is 0 Å². The van der Waals surface area contributed by atoms with Gasteiger partial charge in [-0.1, -0.05) is 78.9 Å². The van der Waals surface area contributed by atoms with E-state index >= 15 is 0 Å². The SMILES string of the molecule is N#Cc1cccnc1-c1ccc(-c2ccccc2-n2c3ccccc3c3c4oc5ccccc5c4ccc32)cc1. The number of rotatable bonds is 3. The minimum absolute atomic E-state index is 0.567. The van der Waals surface area contributed by atoms with Crippen molar-refractivity contribution >= 4 is 43.7 Å². The molecule has 0 bridgehead atoms. The molecule has 0 spiro atoms. The van der Waals surface area contributed by atoms with E-state index in [0.29, 0.717) is 11.3 Å². The van der Waals surface area contributed by atoms with E-state index in [4.69, 9.17) is 4.42 Å². The zero-order valence-electron chi connectivity index (χ0n) is 21.4. The molecule has 4 heteroatoms. The molecule has 0 fully saturated rings. The zero-order chi connectivity index (χ0) is 26.6. The van der Waals surface area contributed by atoms with E-state index in [1.807, 2.05) is 24.3 Å². The van der Waals surface area contributed by atoms with Crippen molar-refractivity contribution in [3.05, 3.63) is 133 Å². The summed E-state index contributed by atoms with van der Waals surface area (Å²) in [6.07, 6.45) is 1.72. The largest absolute Gasteiger partial charge is 0.455 e. The molecule has 8 rings (SSSR count). The lowest BCUT2D eigenvalue weighted by Crippen LogP contribution is -1.97. The Hall–Kier alpha value is -5.66. The molecular weight excluding hydrogens is 490 g/mol. The summed E-state index contributed by atoms with van der Waals surface area (Å²) in [6, 6.07) is 43.8. The Morgan fingerprint density at radius 2 is 1.38 bits per heavy atom. The average molecular weight is 512 g/mol. The average Bonchev–Trinajstić information content (AvgIpc) is 3.57. The minimum Gasteiger partial charge on any atom is -0.455 e. The molecule has 0 radical (unpaired) electrons. The fourth-order valence-electron chi connectivity index (χ4n) is 5.94. The van der Waals surface area contributed by atoms with Crippen LogP contribution in [0, 0.1) is 11.3 Å². The summed E-state index contributed by atoms with van der Waals surface area (Å²) < 4.78 is 8.81. The van der Waals surface area contributed by atoms with E-state index in [-0.39, 0.29) is 0 Å². The second kappa shape index (κ2) is 8.69. The Morgan fingerprint density at radius 3 is 2.25 bits per heavy atom. The number of hydrogen-bond acceptors (Lipinski definition) is 3. The molecule has 40 heavy (non-hydrogen) atoms. The van der Waals surface area contributed by atoms with Crippen LogP contribution in [0.1, 0.15) is 5.56 Å². The number of nitrogens with zero attached hydrogens (tertiary/aromatic N) is 3. The summed E-state index contributed by atoms with van der Waals surface area (Å²) in [7, 11) is 0. The lowest BCUT2D eigenvalue weighted by molar-refractivity contribution is 0.673. The van der Waals surface area contributed by atoms with Crippen molar-refractivity contribution in [3.8, 4) is 34.1 Å². The molecule has 186 valence electrons. The summed E-state index contributed by atoms with van der Waals surface area (Å²) in [6.45, 7) is 0. The number of hydrogen-bond donors (Lipinski definition) is 0. The lowest BCUT2D eigenvalue weighted by atomic mass is 9.99. The van der Waals surface area contributed by atoms with Gasteiger partial charge in [0, 0.05) is 33.5 Å². The molecule has 0 aliphatic carbocycles. The Labute approximate surface area is 230 Å². The maximum Gasteiger partial charge on any atom is 0.145 e. The maximum atomic E-state index is 9.54. The van der Waals surface area contributed by atoms with E-state index < -0.39 is 0 Å². The van der Waals surface area contributed by atoms with E-state index in [1.54, 1.807) is 18.3 Å². The van der Waals surface area contributed by atoms with Gasteiger partial charge in [0.25, 0.3) is 0 Å². The van der Waals surface area contributed by atoms with Gasteiger partial charge in [0.1, 0.15) is 17.2 Å². The standard InChI is InChI=1S/C36H21N3O/c37-22-25-8-7-21-38-35(25)24-17-15-23(16-18-24)26-9-1-4-12-30(26)39-31-13-5-2-11-29(31)34-32(39)20-19-28-27-10-3-6-14-33(27)40-36(28)34/h1-21H. The summed E-state index contributed by atoms with van der Waals surface area (Å²) in [5, 5.41) is 14.1. The fourth-order valence-corrected chi connectivity index (χ4v) is 5.94. The van der Waals surface area contributed by atoms with Crippen LogP contribution in [-0.2, 0) is 0 Å². The number of para-hydroxylation sites is 3. The maximum absolute atomic E-state index is 9.54. The molecule has 0 N–H and O–H groups in total. The first-order valence-corrected chi connectivity index (χ1v) is 13.2. The summed E-state index contributed by atoms with van der Waals surface area (Å²) in [4.78, 5) is 4.45. The van der Waals surface area contributed by atoms with E-state index in [0.717, 1.165) is 66.1 Å². The topological polar surface area (TPSA) is 54.8 Å². The van der Waals surface area contributed by atoms with Crippen molar-refractivity contribution in [3.63, 3.8) is 0 Å². The fraction of sp³-hybridized carbons (Fsp3) is 0. The van der Waals surface area contributed by atoms with Gasteiger partial charge in [-0.05, 0) is 48.0 Å². The summed E-state index contributed by atoms with van der Waals surface area (Å²) in [5.74, 6) is 0. The minimum atomic E-state index is 0.567. The molecule has 0 aliphatic heterocycles. The Balaban J connectivity index is 1.37. The molecule has 3 heterocycles. The second-order valence-corrected chi connectivity index (χ2v) is 9.89. The third-order valence-electron chi connectivity index (χ3n) is 7.72. The second-order valence-electron chi connectivity index (χ2n) is 9.89. The number of fused-ring (bicyclic) bond motifs is 7. The van der Waals surface area contributed by atoms with Crippen molar-refractivity contribution in [1.29, 1.82) is 5.26 Å². The van der Waals surface area contributed by atoms with E-state index in [2.05, 4.69) is 101 Å². The highest BCUT2D eigenvalue weighted by molar-refractivity contribution is 6.24. The molecule has 5 aromatic carbocycles. The molecule has 0 amide bonds. The third kappa shape index (κ3) is 3.22. The number of furan rings is 1. The third-order valence-corrected chi connectivity index (χ3v) is 7.72. The normalized spacial score (nSPS) is 11.5. The van der Waals surface area contributed by atoms with Crippen LogP contribution in [0.3, 0.4) is 0 Å². The molecule has 4 nitrogen and oxygen atoms in total. The lowest BCUT2D eigenvalue weighted by Gasteiger charge is -2.14. The van der Waals surface area contributed by atoms with Gasteiger partial charge >= 0.3 is 0 Å². The highest BCUT2D eigenvalue weighted by Gasteiger charge is 2.20. The zero-order valence-corrected chi connectivity index (χ0v) is 21.4. The molecule has 0 saturated carbocycles. The van der Waals surface area contributed by atoms with Crippen LogP contribution in [-0.4, -0.2) is 9.55 Å². The molecule has 8 aromatic rings. The molecule has 3 aromatic heterocycles. The van der Waals surface area contributed by atoms with Gasteiger partial charge in [-0.15, -0.1) is 0 Å². The van der Waals surface area contributed by atoms with E-state index in [9.17, 15) is 5.26 Å². The van der Waals surface area contributed by atoms with Crippen molar-refractivity contribution in [1.82, 2.24) is 9.55 Å². The highest BCUT2D eigenvalue weighted by atomic mass is 16.3. The van der Waals surface area contributed by atoms with Crippen molar-refractivity contribution < 1.29 is 4.42 Å². The predicted molar refractivity (Wildman–Crippen MR) is 161 cm³/mol. The van der Waals surface area contributed by atoms with Gasteiger partial charge in [0.15, 0.2) is 0 Å². The van der Waals surface area contributed by atoms with E-state index in [1.165, 1.54) is 0 Å². The highest BCUT2D eigenvalue weighted by Crippen LogP contribution is 2.42. The van der Waals surface area contributed by atoms with Crippen LogP contribution in [0.15, 0.2) is 132 Å². The number of nitriles is 1. The van der Waals surface area contributed by atoms with Crippen LogP contribution in [0.5, 0.6) is 0 Å². The summed E-state index contributed by atoms with van der Waals surface area (Å²) in [5.41, 5.74) is 9.52. The first kappa shape index (κ1) is 22.3. The van der Waals surface area contributed by atoms with Crippen LogP contribution in [0.25, 0.3) is 71.8 Å². The first-order valence-electron chi connectivity index (χ1n) is 13.2. The van der Waals surface area contributed by atoms with Crippen molar-refractivity contribution in [2.75, 3.05) is 0 Å². The molecule has 0 atom stereocenters. The molecule has 0 aliphatic rings. The van der Waals surface area contributed by atoms with Crippen molar-refractivity contribution in [2.45, 2.75) is 0 Å². The number of pyridine rings is 1. The Bertz CT molecular complexity index is 2280. The first-order chi connectivity index (χ1) is 19.8. The molecular formula is C36H21N3O.